The van der Waals surface area contributed by atoms with Gasteiger partial charge in [0.05, 0.1) is 18.4 Å². The summed E-state index contributed by atoms with van der Waals surface area (Å²) in [5, 5.41) is 5.65. The fourth-order valence-electron chi connectivity index (χ4n) is 3.64. The number of nitrogens with zero attached hydrogens (tertiary/aromatic N) is 6. The number of aromatic nitrogens is 5. The highest BCUT2D eigenvalue weighted by molar-refractivity contribution is 5.82. The average Bonchev–Trinajstić information content (AvgIpc) is 3.58. The monoisotopic (exact) mass is 507 g/mol. The number of benzene rings is 1. The van der Waals surface area contributed by atoms with Gasteiger partial charge in [0.25, 0.3) is 0 Å². The van der Waals surface area contributed by atoms with E-state index < -0.39 is 0 Å². The van der Waals surface area contributed by atoms with Crippen LogP contribution in [-0.2, 0) is 4.79 Å². The van der Waals surface area contributed by atoms with Crippen molar-refractivity contribution in [3.8, 4) is 23.1 Å². The number of rotatable bonds is 7. The summed E-state index contributed by atoms with van der Waals surface area (Å²) in [5.74, 6) is 6.36. The van der Waals surface area contributed by atoms with Gasteiger partial charge in [0, 0.05) is 47.6 Å². The minimum Gasteiger partial charge on any atom is -0.346 e. The van der Waals surface area contributed by atoms with Crippen molar-refractivity contribution in [2.75, 3.05) is 40.8 Å². The summed E-state index contributed by atoms with van der Waals surface area (Å²) in [6, 6.07) is 14.9. The molecule has 0 spiro atoms. The van der Waals surface area contributed by atoms with Gasteiger partial charge in [0.2, 0.25) is 0 Å². The Morgan fingerprint density at radius 1 is 0.947 bits per heavy atom. The van der Waals surface area contributed by atoms with Gasteiger partial charge in [-0.25, -0.2) is 14.5 Å². The molecule has 38 heavy (non-hydrogen) atoms. The number of aldehydes is 2. The van der Waals surface area contributed by atoms with Crippen molar-refractivity contribution >= 4 is 29.3 Å². The van der Waals surface area contributed by atoms with E-state index in [0.717, 1.165) is 59.2 Å². The Morgan fingerprint density at radius 3 is 2.50 bits per heavy atom. The second-order valence-electron chi connectivity index (χ2n) is 8.95. The van der Waals surface area contributed by atoms with Crippen LogP contribution in [0.1, 0.15) is 21.6 Å². The third kappa shape index (κ3) is 6.56. The van der Waals surface area contributed by atoms with Gasteiger partial charge >= 0.3 is 0 Å². The molecule has 0 radical (unpaired) electrons. The summed E-state index contributed by atoms with van der Waals surface area (Å²) < 4.78 is 1.73. The predicted molar refractivity (Wildman–Crippen MR) is 148 cm³/mol. The molecule has 4 heterocycles. The molecular weight excluding hydrogens is 478 g/mol. The van der Waals surface area contributed by atoms with Crippen LogP contribution in [0.25, 0.3) is 27.9 Å². The zero-order chi connectivity index (χ0) is 26.9. The van der Waals surface area contributed by atoms with E-state index in [1.54, 1.807) is 29.0 Å². The van der Waals surface area contributed by atoms with Gasteiger partial charge in [-0.3, -0.25) is 9.69 Å². The van der Waals surface area contributed by atoms with E-state index in [1.165, 1.54) is 0 Å². The minimum atomic E-state index is 0.536. The van der Waals surface area contributed by atoms with Crippen LogP contribution >= 0.6 is 0 Å². The van der Waals surface area contributed by atoms with Crippen LogP contribution in [0.3, 0.4) is 0 Å². The topological polar surface area (TPSA) is 99.5 Å². The van der Waals surface area contributed by atoms with Gasteiger partial charge in [0.15, 0.2) is 5.65 Å². The van der Waals surface area contributed by atoms with Gasteiger partial charge in [-0.15, -0.1) is 0 Å². The maximum absolute atomic E-state index is 10.8. The molecular formula is C29H29N7O2. The van der Waals surface area contributed by atoms with E-state index in [4.69, 9.17) is 0 Å². The standard InChI is InChI=1S/C22H13N5O.C7H16N2O/c28-14-15-1-3-17(4-2-15)20-7-8-21-25-13-18(27(21)26-20)6-5-16-9-11-23-22-19(16)10-12-24-22;1-8(2)4-5-9(3)6-7-10/h1-4,7-14H,(H,23,24);7H,4-6H2,1-3H3. The van der Waals surface area contributed by atoms with E-state index in [2.05, 4.69) is 36.8 Å². The molecule has 9 nitrogen and oxygen atoms in total. The summed E-state index contributed by atoms with van der Waals surface area (Å²) in [5.41, 5.74) is 5.45. The van der Waals surface area contributed by atoms with Crippen molar-refractivity contribution in [1.29, 1.82) is 0 Å². The molecule has 1 N–H and O–H groups in total. The predicted octanol–water partition coefficient (Wildman–Crippen LogP) is 3.16. The normalized spacial score (nSPS) is 10.8. The minimum absolute atomic E-state index is 0.536. The molecule has 0 aliphatic rings. The van der Waals surface area contributed by atoms with E-state index in [0.29, 0.717) is 17.8 Å². The number of carbonyl (C=O) groups excluding carboxylic acids is 2. The van der Waals surface area contributed by atoms with Crippen molar-refractivity contribution in [3.63, 3.8) is 0 Å². The summed E-state index contributed by atoms with van der Waals surface area (Å²) in [6.07, 6.45) is 7.04. The quantitative estimate of drug-likeness (QED) is 0.267. The zero-order valence-electron chi connectivity index (χ0n) is 21.6. The van der Waals surface area contributed by atoms with Gasteiger partial charge < -0.3 is 14.7 Å². The molecule has 0 bridgehead atoms. The lowest BCUT2D eigenvalue weighted by Gasteiger charge is -2.16. The van der Waals surface area contributed by atoms with Crippen molar-refractivity contribution in [2.45, 2.75) is 0 Å². The number of hydrogen-bond acceptors (Lipinski definition) is 7. The second kappa shape index (κ2) is 12.5. The molecule has 0 fully saturated rings. The smallest absolute Gasteiger partial charge is 0.154 e. The molecule has 5 rings (SSSR count). The first-order valence-electron chi connectivity index (χ1n) is 12.1. The molecule has 0 saturated carbocycles. The molecule has 1 aromatic carbocycles. The molecule has 0 unspecified atom stereocenters. The van der Waals surface area contributed by atoms with Crippen molar-refractivity contribution < 1.29 is 9.59 Å². The first-order chi connectivity index (χ1) is 18.5. The van der Waals surface area contributed by atoms with Crippen molar-refractivity contribution in [3.05, 3.63) is 83.9 Å². The maximum Gasteiger partial charge on any atom is 0.154 e. The van der Waals surface area contributed by atoms with Gasteiger partial charge in [-0.2, -0.15) is 5.10 Å². The Balaban J connectivity index is 0.000000289. The number of hydrogen-bond donors (Lipinski definition) is 1. The highest BCUT2D eigenvalue weighted by Gasteiger charge is 2.06. The van der Waals surface area contributed by atoms with Crippen LogP contribution in [-0.4, -0.2) is 87.7 Å². The molecule has 5 aromatic rings. The van der Waals surface area contributed by atoms with Gasteiger partial charge in [-0.1, -0.05) is 30.2 Å². The van der Waals surface area contributed by atoms with Crippen LogP contribution in [0.15, 0.2) is 67.1 Å². The Labute approximate surface area is 221 Å². The summed E-state index contributed by atoms with van der Waals surface area (Å²) in [6.45, 7) is 2.49. The number of fused-ring (bicyclic) bond motifs is 2. The fraction of sp³-hybridized carbons (Fsp3) is 0.207. The highest BCUT2D eigenvalue weighted by Crippen LogP contribution is 2.18. The maximum atomic E-state index is 10.8. The molecule has 0 atom stereocenters. The van der Waals surface area contributed by atoms with Crippen LogP contribution in [0.5, 0.6) is 0 Å². The largest absolute Gasteiger partial charge is 0.346 e. The molecule has 9 heteroatoms. The molecule has 0 aliphatic carbocycles. The summed E-state index contributed by atoms with van der Waals surface area (Å²) >= 11 is 0. The van der Waals surface area contributed by atoms with Crippen LogP contribution < -0.4 is 0 Å². The molecule has 0 amide bonds. The van der Waals surface area contributed by atoms with Crippen LogP contribution in [0, 0.1) is 11.8 Å². The second-order valence-corrected chi connectivity index (χ2v) is 8.95. The number of nitrogens with one attached hydrogen (secondary N) is 1. The number of likely N-dealkylation sites (N-methyl/N-ethyl adjacent to an activating group) is 2. The number of H-pyrrole nitrogens is 1. The lowest BCUT2D eigenvalue weighted by Crippen LogP contribution is -2.29. The van der Waals surface area contributed by atoms with E-state index >= 15 is 0 Å². The Hall–Kier alpha value is -4.65. The lowest BCUT2D eigenvalue weighted by atomic mass is 10.1. The van der Waals surface area contributed by atoms with E-state index in [1.807, 2.05) is 68.6 Å². The van der Waals surface area contributed by atoms with Crippen molar-refractivity contribution in [1.82, 2.24) is 34.4 Å². The zero-order valence-corrected chi connectivity index (χ0v) is 21.6. The van der Waals surface area contributed by atoms with Crippen LogP contribution in [0.2, 0.25) is 0 Å². The third-order valence-electron chi connectivity index (χ3n) is 5.81. The lowest BCUT2D eigenvalue weighted by molar-refractivity contribution is -0.108. The first-order valence-corrected chi connectivity index (χ1v) is 12.1. The van der Waals surface area contributed by atoms with Crippen LogP contribution in [0.4, 0.5) is 0 Å². The summed E-state index contributed by atoms with van der Waals surface area (Å²) in [7, 11) is 5.99. The fourth-order valence-corrected chi connectivity index (χ4v) is 3.64. The Morgan fingerprint density at radius 2 is 1.76 bits per heavy atom. The molecule has 4 aromatic heterocycles. The Kier molecular flexibility index (Phi) is 8.72. The average molecular weight is 508 g/mol. The number of aromatic amines is 1. The van der Waals surface area contributed by atoms with Gasteiger partial charge in [-0.05, 0) is 51.3 Å². The van der Waals surface area contributed by atoms with E-state index in [9.17, 15) is 9.59 Å². The Bertz CT molecular complexity index is 1590. The number of pyridine rings is 1. The summed E-state index contributed by atoms with van der Waals surface area (Å²) in [4.78, 5) is 36.7. The first kappa shape index (κ1) is 26.4. The van der Waals surface area contributed by atoms with E-state index in [-0.39, 0.29) is 0 Å². The molecule has 0 saturated heterocycles. The SMILES string of the molecule is CN(C)CCN(C)CC=O.O=Cc1ccc(-c2ccc3ncc(C#Cc4ccnc5[nH]ccc45)n3n2)cc1. The number of carbonyl (C=O) groups is 2. The van der Waals surface area contributed by atoms with Gasteiger partial charge in [0.1, 0.15) is 23.9 Å². The molecule has 192 valence electrons. The highest BCUT2D eigenvalue weighted by atomic mass is 16.1. The molecule has 0 aliphatic heterocycles. The van der Waals surface area contributed by atoms with Crippen molar-refractivity contribution in [2.24, 2.45) is 0 Å². The third-order valence-corrected chi connectivity index (χ3v) is 5.81. The number of imidazole rings is 1.